The minimum absolute atomic E-state index is 0. The second kappa shape index (κ2) is 12.9. The summed E-state index contributed by atoms with van der Waals surface area (Å²) in [5, 5.41) is 6.10. The maximum atomic E-state index is 12.4. The molecule has 0 saturated carbocycles. The fraction of sp³-hybridized carbons (Fsp3) is 0.409. The van der Waals surface area contributed by atoms with Crippen molar-refractivity contribution in [1.29, 1.82) is 0 Å². The SMILES string of the molecule is CCNC(=NCC(=O)NCc1ccc(OC)cc1)N1CCN(C(=O)c2ccco2)CC1.I. The van der Waals surface area contributed by atoms with Crippen LogP contribution < -0.4 is 15.4 Å². The van der Waals surface area contributed by atoms with E-state index in [0.717, 1.165) is 11.3 Å². The van der Waals surface area contributed by atoms with Gasteiger partial charge in [0.25, 0.3) is 5.91 Å². The number of furan rings is 1. The van der Waals surface area contributed by atoms with Crippen molar-refractivity contribution in [3.63, 3.8) is 0 Å². The number of carbonyl (C=O) groups is 2. The van der Waals surface area contributed by atoms with Crippen molar-refractivity contribution >= 4 is 41.8 Å². The van der Waals surface area contributed by atoms with Crippen molar-refractivity contribution in [3.05, 3.63) is 54.0 Å². The number of rotatable bonds is 7. The summed E-state index contributed by atoms with van der Waals surface area (Å²) in [6.07, 6.45) is 1.50. The predicted molar refractivity (Wildman–Crippen MR) is 132 cm³/mol. The molecule has 9 nitrogen and oxygen atoms in total. The first-order valence-corrected chi connectivity index (χ1v) is 10.4. The number of hydrogen-bond acceptors (Lipinski definition) is 5. The van der Waals surface area contributed by atoms with Crippen LogP contribution in [0.15, 0.2) is 52.1 Å². The van der Waals surface area contributed by atoms with Crippen LogP contribution in [0.3, 0.4) is 0 Å². The maximum absolute atomic E-state index is 12.4. The number of nitrogens with one attached hydrogen (secondary N) is 2. The first-order valence-electron chi connectivity index (χ1n) is 10.4. The van der Waals surface area contributed by atoms with E-state index in [2.05, 4.69) is 20.5 Å². The van der Waals surface area contributed by atoms with E-state index in [0.29, 0.717) is 51.0 Å². The zero-order valence-electron chi connectivity index (χ0n) is 18.4. The van der Waals surface area contributed by atoms with Gasteiger partial charge in [0.15, 0.2) is 11.7 Å². The summed E-state index contributed by atoms with van der Waals surface area (Å²) < 4.78 is 10.3. The van der Waals surface area contributed by atoms with Crippen LogP contribution >= 0.6 is 24.0 Å². The maximum Gasteiger partial charge on any atom is 0.289 e. The second-order valence-corrected chi connectivity index (χ2v) is 7.05. The number of aliphatic imine (C=N–C) groups is 1. The highest BCUT2D eigenvalue weighted by Crippen LogP contribution is 2.11. The van der Waals surface area contributed by atoms with Gasteiger partial charge in [0.05, 0.1) is 13.4 Å². The second-order valence-electron chi connectivity index (χ2n) is 7.05. The Morgan fingerprint density at radius 3 is 2.34 bits per heavy atom. The molecule has 174 valence electrons. The van der Waals surface area contributed by atoms with E-state index < -0.39 is 0 Å². The van der Waals surface area contributed by atoms with E-state index in [1.54, 1.807) is 24.1 Å². The van der Waals surface area contributed by atoms with Gasteiger partial charge in [0, 0.05) is 39.3 Å². The highest BCUT2D eigenvalue weighted by atomic mass is 127. The zero-order chi connectivity index (χ0) is 22.1. The molecule has 3 rings (SSSR count). The van der Waals surface area contributed by atoms with E-state index in [1.165, 1.54) is 6.26 Å². The molecule has 2 heterocycles. The Morgan fingerprint density at radius 1 is 1.06 bits per heavy atom. The van der Waals surface area contributed by atoms with Crippen LogP contribution in [0.25, 0.3) is 0 Å². The molecule has 0 spiro atoms. The number of benzene rings is 1. The van der Waals surface area contributed by atoms with Gasteiger partial charge in [-0.25, -0.2) is 4.99 Å². The molecule has 0 bridgehead atoms. The Balaban J connectivity index is 0.00000363. The molecule has 1 aliphatic rings. The quantitative estimate of drug-likeness (QED) is 0.308. The van der Waals surface area contributed by atoms with Crippen molar-refractivity contribution in [2.24, 2.45) is 4.99 Å². The average Bonchev–Trinajstić information content (AvgIpc) is 3.35. The zero-order valence-corrected chi connectivity index (χ0v) is 20.7. The Morgan fingerprint density at radius 2 is 1.75 bits per heavy atom. The summed E-state index contributed by atoms with van der Waals surface area (Å²) in [6, 6.07) is 10.9. The van der Waals surface area contributed by atoms with Crippen molar-refractivity contribution in [2.45, 2.75) is 13.5 Å². The average molecular weight is 555 g/mol. The normalized spacial score (nSPS) is 13.9. The van der Waals surface area contributed by atoms with Crippen molar-refractivity contribution < 1.29 is 18.7 Å². The van der Waals surface area contributed by atoms with Crippen molar-refractivity contribution in [3.8, 4) is 5.75 Å². The van der Waals surface area contributed by atoms with Gasteiger partial charge >= 0.3 is 0 Å². The fourth-order valence-corrected chi connectivity index (χ4v) is 3.25. The fourth-order valence-electron chi connectivity index (χ4n) is 3.25. The van der Waals surface area contributed by atoms with E-state index >= 15 is 0 Å². The van der Waals surface area contributed by atoms with E-state index in [-0.39, 0.29) is 42.3 Å². The molecule has 1 aromatic carbocycles. The highest BCUT2D eigenvalue weighted by molar-refractivity contribution is 14.0. The molecule has 2 amide bonds. The summed E-state index contributed by atoms with van der Waals surface area (Å²) in [7, 11) is 1.62. The Kier molecular flexibility index (Phi) is 10.3. The lowest BCUT2D eigenvalue weighted by atomic mass is 10.2. The van der Waals surface area contributed by atoms with Gasteiger partial charge in [-0.15, -0.1) is 24.0 Å². The van der Waals surface area contributed by atoms with Crippen LogP contribution in [0, 0.1) is 0 Å². The third-order valence-electron chi connectivity index (χ3n) is 4.95. The molecule has 2 N–H and O–H groups in total. The van der Waals surface area contributed by atoms with Crippen LogP contribution in [0.4, 0.5) is 0 Å². The van der Waals surface area contributed by atoms with Crippen LogP contribution in [0.1, 0.15) is 23.0 Å². The van der Waals surface area contributed by atoms with Gasteiger partial charge in [-0.05, 0) is 36.8 Å². The molecule has 0 atom stereocenters. The molecule has 1 saturated heterocycles. The molecule has 0 unspecified atom stereocenters. The predicted octanol–water partition coefficient (Wildman–Crippen LogP) is 1.95. The number of nitrogens with zero attached hydrogens (tertiary/aromatic N) is 3. The Labute approximate surface area is 205 Å². The molecule has 2 aromatic rings. The Bertz CT molecular complexity index is 878. The lowest BCUT2D eigenvalue weighted by Crippen LogP contribution is -2.54. The number of guanidine groups is 1. The molecular formula is C22H30IN5O4. The summed E-state index contributed by atoms with van der Waals surface area (Å²) in [6.45, 7) is 5.53. The number of piperazine rings is 1. The molecule has 1 aliphatic heterocycles. The lowest BCUT2D eigenvalue weighted by molar-refractivity contribution is -0.119. The van der Waals surface area contributed by atoms with E-state index in [9.17, 15) is 9.59 Å². The largest absolute Gasteiger partial charge is 0.497 e. The van der Waals surface area contributed by atoms with Gasteiger partial charge in [0.1, 0.15) is 12.3 Å². The number of carbonyl (C=O) groups excluding carboxylic acids is 2. The number of methoxy groups -OCH3 is 1. The van der Waals surface area contributed by atoms with Crippen LogP contribution in [-0.2, 0) is 11.3 Å². The number of hydrogen-bond donors (Lipinski definition) is 2. The molecule has 1 fully saturated rings. The Hall–Kier alpha value is -2.76. The van der Waals surface area contributed by atoms with Gasteiger partial charge in [0.2, 0.25) is 5.91 Å². The summed E-state index contributed by atoms with van der Waals surface area (Å²) >= 11 is 0. The monoisotopic (exact) mass is 555 g/mol. The molecule has 32 heavy (non-hydrogen) atoms. The summed E-state index contributed by atoms with van der Waals surface area (Å²) in [5.41, 5.74) is 0.988. The lowest BCUT2D eigenvalue weighted by Gasteiger charge is -2.36. The number of ether oxygens (including phenoxy) is 1. The highest BCUT2D eigenvalue weighted by Gasteiger charge is 2.25. The first-order chi connectivity index (χ1) is 15.1. The van der Waals surface area contributed by atoms with Crippen molar-refractivity contribution in [2.75, 3.05) is 46.4 Å². The number of amides is 2. The van der Waals surface area contributed by atoms with Gasteiger partial charge in [-0.2, -0.15) is 0 Å². The third-order valence-corrected chi connectivity index (χ3v) is 4.95. The summed E-state index contributed by atoms with van der Waals surface area (Å²) in [4.78, 5) is 33.0. The van der Waals surface area contributed by atoms with Crippen LogP contribution in [0.2, 0.25) is 0 Å². The standard InChI is InChI=1S/C22H29N5O4.HI/c1-3-23-22(25-16-20(28)24-15-17-6-8-18(30-2)9-7-17)27-12-10-26(11-13-27)21(29)19-5-4-14-31-19;/h4-9,14H,3,10-13,15-16H2,1-2H3,(H,23,25)(H,24,28);1H. The molecular weight excluding hydrogens is 525 g/mol. The minimum Gasteiger partial charge on any atom is -0.497 e. The molecule has 10 heteroatoms. The van der Waals surface area contributed by atoms with Gasteiger partial charge in [-0.1, -0.05) is 12.1 Å². The van der Waals surface area contributed by atoms with Crippen molar-refractivity contribution in [1.82, 2.24) is 20.4 Å². The van der Waals surface area contributed by atoms with Crippen LogP contribution in [0.5, 0.6) is 5.75 Å². The number of halogens is 1. The van der Waals surface area contributed by atoms with E-state index in [1.807, 2.05) is 31.2 Å². The topological polar surface area (TPSA) is 99.4 Å². The van der Waals surface area contributed by atoms with Gasteiger partial charge in [-0.3, -0.25) is 9.59 Å². The minimum atomic E-state index is -0.155. The van der Waals surface area contributed by atoms with E-state index in [4.69, 9.17) is 9.15 Å². The molecule has 0 radical (unpaired) electrons. The first kappa shape index (κ1) is 25.5. The summed E-state index contributed by atoms with van der Waals surface area (Å²) in [5.74, 6) is 1.54. The van der Waals surface area contributed by atoms with Crippen LogP contribution in [-0.4, -0.2) is 74.0 Å². The molecule has 0 aliphatic carbocycles. The molecule has 1 aromatic heterocycles. The smallest absolute Gasteiger partial charge is 0.289 e. The van der Waals surface area contributed by atoms with Gasteiger partial charge < -0.3 is 29.6 Å². The third kappa shape index (κ3) is 7.14.